The van der Waals surface area contributed by atoms with Gasteiger partial charge in [0.25, 0.3) is 0 Å². The summed E-state index contributed by atoms with van der Waals surface area (Å²) in [5.74, 6) is 0.273. The lowest BCUT2D eigenvalue weighted by atomic mass is 10.1. The Morgan fingerprint density at radius 1 is 1.35 bits per heavy atom. The average Bonchev–Trinajstić information content (AvgIpc) is 2.29. The molecule has 94 valence electrons. The largest absolute Gasteiger partial charge is 0.462 e. The third-order valence-electron chi connectivity index (χ3n) is 2.77. The summed E-state index contributed by atoms with van der Waals surface area (Å²) in [6.07, 6.45) is 0. The maximum Gasteiger partial charge on any atom is 0.338 e. The van der Waals surface area contributed by atoms with E-state index in [2.05, 4.69) is 26.1 Å². The molecule has 0 heterocycles. The molecular formula is C14H21NO2. The van der Waals surface area contributed by atoms with Crippen molar-refractivity contribution in [2.45, 2.75) is 33.7 Å². The highest BCUT2D eigenvalue weighted by molar-refractivity contribution is 5.90. The quantitative estimate of drug-likeness (QED) is 0.796. The van der Waals surface area contributed by atoms with Crippen LogP contribution in [-0.2, 0) is 4.74 Å². The van der Waals surface area contributed by atoms with Crippen molar-refractivity contribution in [3.63, 3.8) is 0 Å². The molecule has 0 amide bonds. The minimum absolute atomic E-state index is 0.270. The fourth-order valence-electron chi connectivity index (χ4n) is 1.38. The fourth-order valence-corrected chi connectivity index (χ4v) is 1.38. The number of anilines is 1. The van der Waals surface area contributed by atoms with Crippen LogP contribution in [0.5, 0.6) is 0 Å². The Bertz CT molecular complexity index is 374. The highest BCUT2D eigenvalue weighted by atomic mass is 16.5. The van der Waals surface area contributed by atoms with Gasteiger partial charge in [0.1, 0.15) is 0 Å². The molecular weight excluding hydrogens is 214 g/mol. The van der Waals surface area contributed by atoms with E-state index in [1.54, 1.807) is 13.0 Å². The molecule has 0 unspecified atom stereocenters. The molecule has 0 aliphatic carbocycles. The number of rotatable bonds is 5. The van der Waals surface area contributed by atoms with Crippen LogP contribution in [-0.4, -0.2) is 18.6 Å². The van der Waals surface area contributed by atoms with E-state index in [-0.39, 0.29) is 5.97 Å². The highest BCUT2D eigenvalue weighted by Gasteiger charge is 2.09. The normalized spacial score (nSPS) is 12.3. The van der Waals surface area contributed by atoms with Gasteiger partial charge in [-0.1, -0.05) is 19.9 Å². The van der Waals surface area contributed by atoms with Gasteiger partial charge in [0.15, 0.2) is 0 Å². The summed E-state index contributed by atoms with van der Waals surface area (Å²) in [4.78, 5) is 11.6. The fraction of sp³-hybridized carbons (Fsp3) is 0.500. The Kier molecular flexibility index (Phi) is 5.01. The zero-order valence-corrected chi connectivity index (χ0v) is 11.0. The smallest absolute Gasteiger partial charge is 0.338 e. The van der Waals surface area contributed by atoms with Crippen LogP contribution in [0.25, 0.3) is 0 Å². The van der Waals surface area contributed by atoms with E-state index in [0.717, 1.165) is 5.69 Å². The molecule has 1 aromatic carbocycles. The lowest BCUT2D eigenvalue weighted by Gasteiger charge is -2.19. The van der Waals surface area contributed by atoms with E-state index in [4.69, 9.17) is 4.74 Å². The lowest BCUT2D eigenvalue weighted by Crippen LogP contribution is -2.21. The molecule has 0 aromatic heterocycles. The Morgan fingerprint density at radius 2 is 2.06 bits per heavy atom. The van der Waals surface area contributed by atoms with E-state index in [1.165, 1.54) is 0 Å². The molecule has 1 atom stereocenters. The Balaban J connectivity index is 2.75. The summed E-state index contributed by atoms with van der Waals surface area (Å²) in [7, 11) is 0. The molecule has 17 heavy (non-hydrogen) atoms. The van der Waals surface area contributed by atoms with Crippen LogP contribution in [0, 0.1) is 5.92 Å². The van der Waals surface area contributed by atoms with Crippen molar-refractivity contribution in [1.82, 2.24) is 0 Å². The second kappa shape index (κ2) is 6.28. The lowest BCUT2D eigenvalue weighted by molar-refractivity contribution is 0.0526. The molecule has 0 spiro atoms. The van der Waals surface area contributed by atoms with Gasteiger partial charge in [-0.05, 0) is 38.0 Å². The van der Waals surface area contributed by atoms with Gasteiger partial charge in [-0.25, -0.2) is 4.79 Å². The molecule has 0 saturated carbocycles. The minimum atomic E-state index is -0.270. The molecule has 1 N–H and O–H groups in total. The first kappa shape index (κ1) is 13.6. The zero-order chi connectivity index (χ0) is 12.8. The van der Waals surface area contributed by atoms with Crippen molar-refractivity contribution in [2.24, 2.45) is 5.92 Å². The summed E-state index contributed by atoms with van der Waals surface area (Å²) < 4.78 is 4.97. The van der Waals surface area contributed by atoms with Crippen molar-refractivity contribution in [1.29, 1.82) is 0 Å². The van der Waals surface area contributed by atoms with E-state index in [9.17, 15) is 4.79 Å². The first-order valence-electron chi connectivity index (χ1n) is 6.08. The van der Waals surface area contributed by atoms with Crippen LogP contribution in [0.1, 0.15) is 38.1 Å². The summed E-state index contributed by atoms with van der Waals surface area (Å²) in [6, 6.07) is 7.79. The number of carbonyl (C=O) groups excluding carboxylic acids is 1. The van der Waals surface area contributed by atoms with Crippen molar-refractivity contribution < 1.29 is 9.53 Å². The van der Waals surface area contributed by atoms with Gasteiger partial charge in [0, 0.05) is 11.7 Å². The van der Waals surface area contributed by atoms with Gasteiger partial charge in [0.05, 0.1) is 12.2 Å². The second-order valence-electron chi connectivity index (χ2n) is 4.48. The van der Waals surface area contributed by atoms with E-state index < -0.39 is 0 Å². The van der Waals surface area contributed by atoms with Crippen molar-refractivity contribution in [3.05, 3.63) is 29.8 Å². The molecule has 0 fully saturated rings. The Hall–Kier alpha value is -1.51. The predicted molar refractivity (Wildman–Crippen MR) is 70.3 cm³/mol. The molecule has 1 rings (SSSR count). The van der Waals surface area contributed by atoms with Crippen LogP contribution < -0.4 is 5.32 Å². The number of hydrogen-bond donors (Lipinski definition) is 1. The molecule has 0 bridgehead atoms. The van der Waals surface area contributed by atoms with Gasteiger partial charge in [-0.2, -0.15) is 0 Å². The van der Waals surface area contributed by atoms with Crippen LogP contribution in [0.3, 0.4) is 0 Å². The van der Waals surface area contributed by atoms with Gasteiger partial charge < -0.3 is 10.1 Å². The van der Waals surface area contributed by atoms with Crippen LogP contribution in [0.15, 0.2) is 24.3 Å². The molecule has 0 aliphatic heterocycles. The van der Waals surface area contributed by atoms with E-state index in [0.29, 0.717) is 24.1 Å². The average molecular weight is 235 g/mol. The first-order chi connectivity index (χ1) is 8.04. The molecule has 3 nitrogen and oxygen atoms in total. The number of benzene rings is 1. The molecule has 0 aliphatic rings. The number of nitrogens with one attached hydrogen (secondary N) is 1. The molecule has 0 radical (unpaired) electrons. The van der Waals surface area contributed by atoms with Gasteiger partial charge >= 0.3 is 5.97 Å². The number of esters is 1. The Labute approximate surface area is 103 Å². The number of carbonyl (C=O) groups is 1. The van der Waals surface area contributed by atoms with Gasteiger partial charge in [-0.3, -0.25) is 0 Å². The summed E-state index contributed by atoms with van der Waals surface area (Å²) >= 11 is 0. The zero-order valence-electron chi connectivity index (χ0n) is 11.0. The molecule has 0 saturated heterocycles. The standard InChI is InChI=1S/C14H21NO2/c1-5-17-14(16)12-7-6-8-13(9-12)15-11(4)10(2)3/h6-11,15H,5H2,1-4H3/t11-/m1/s1. The predicted octanol–water partition coefficient (Wildman–Crippen LogP) is 3.32. The highest BCUT2D eigenvalue weighted by Crippen LogP contribution is 2.15. The Morgan fingerprint density at radius 3 is 2.65 bits per heavy atom. The van der Waals surface area contributed by atoms with Crippen LogP contribution in [0.4, 0.5) is 5.69 Å². The summed E-state index contributed by atoms with van der Waals surface area (Å²) in [5.41, 5.74) is 1.55. The number of hydrogen-bond acceptors (Lipinski definition) is 3. The number of ether oxygens (including phenoxy) is 1. The van der Waals surface area contributed by atoms with Crippen molar-refractivity contribution in [3.8, 4) is 0 Å². The third-order valence-corrected chi connectivity index (χ3v) is 2.77. The topological polar surface area (TPSA) is 38.3 Å². The third kappa shape index (κ3) is 4.10. The summed E-state index contributed by atoms with van der Waals surface area (Å²) in [6.45, 7) is 8.65. The van der Waals surface area contributed by atoms with E-state index >= 15 is 0 Å². The van der Waals surface area contributed by atoms with Crippen LogP contribution >= 0.6 is 0 Å². The molecule has 1 aromatic rings. The monoisotopic (exact) mass is 235 g/mol. The minimum Gasteiger partial charge on any atom is -0.462 e. The van der Waals surface area contributed by atoms with E-state index in [1.807, 2.05) is 18.2 Å². The maximum atomic E-state index is 11.6. The second-order valence-corrected chi connectivity index (χ2v) is 4.48. The van der Waals surface area contributed by atoms with Gasteiger partial charge in [0.2, 0.25) is 0 Å². The SMILES string of the molecule is CCOC(=O)c1cccc(N[C@H](C)C(C)C)c1. The van der Waals surface area contributed by atoms with Gasteiger partial charge in [-0.15, -0.1) is 0 Å². The molecule has 3 heteroatoms. The van der Waals surface area contributed by atoms with Crippen molar-refractivity contribution in [2.75, 3.05) is 11.9 Å². The van der Waals surface area contributed by atoms with Crippen molar-refractivity contribution >= 4 is 11.7 Å². The van der Waals surface area contributed by atoms with Crippen LogP contribution in [0.2, 0.25) is 0 Å². The first-order valence-corrected chi connectivity index (χ1v) is 6.08. The maximum absolute atomic E-state index is 11.6. The summed E-state index contributed by atoms with van der Waals surface area (Å²) in [5, 5.41) is 3.37.